The van der Waals surface area contributed by atoms with Gasteiger partial charge in [0, 0.05) is 25.8 Å². The van der Waals surface area contributed by atoms with Gasteiger partial charge in [0.25, 0.3) is 0 Å². The minimum absolute atomic E-state index is 0.0480. The van der Waals surface area contributed by atoms with Gasteiger partial charge in [0.05, 0.1) is 20.3 Å². The summed E-state index contributed by atoms with van der Waals surface area (Å²) in [5, 5.41) is 21.4. The van der Waals surface area contributed by atoms with Crippen molar-refractivity contribution in [3.05, 3.63) is 0 Å². The third-order valence-electron chi connectivity index (χ3n) is 4.51. The van der Waals surface area contributed by atoms with Crippen molar-refractivity contribution in [2.24, 2.45) is 11.8 Å². The highest BCUT2D eigenvalue weighted by molar-refractivity contribution is 5.97. The van der Waals surface area contributed by atoms with Crippen LogP contribution >= 0.6 is 0 Å². The van der Waals surface area contributed by atoms with Crippen LogP contribution in [0.1, 0.15) is 20.3 Å². The topological polar surface area (TPSA) is 160 Å². The molecule has 0 aliphatic carbocycles. The highest BCUT2D eigenvalue weighted by Crippen LogP contribution is 2.22. The highest BCUT2D eigenvalue weighted by atomic mass is 16.5. The Bertz CT molecular complexity index is 605. The zero-order valence-electron chi connectivity index (χ0n) is 15.5. The normalized spacial score (nSPS) is 21.3. The van der Waals surface area contributed by atoms with Gasteiger partial charge in [0.15, 0.2) is 5.92 Å². The van der Waals surface area contributed by atoms with Gasteiger partial charge in [-0.1, -0.05) is 6.92 Å². The molecule has 1 fully saturated rings. The number of β-amino-alcohol motifs (C(OH)–C–C–N with tert-alkyl or cyclic N) is 1. The molecule has 1 saturated heterocycles. The molecule has 0 saturated carbocycles. The van der Waals surface area contributed by atoms with Gasteiger partial charge in [0.1, 0.15) is 12.1 Å². The molecule has 4 atom stereocenters. The lowest BCUT2D eigenvalue weighted by Gasteiger charge is -2.28. The van der Waals surface area contributed by atoms with Crippen LogP contribution in [0, 0.1) is 11.8 Å². The van der Waals surface area contributed by atoms with Gasteiger partial charge in [-0.3, -0.25) is 19.2 Å². The molecule has 0 aromatic heterocycles. The monoisotopic (exact) mass is 388 g/mol. The average molecular weight is 388 g/mol. The van der Waals surface area contributed by atoms with Crippen LogP contribution < -0.4 is 5.32 Å². The largest absolute Gasteiger partial charge is 0.480 e. The molecule has 0 aromatic rings. The third kappa shape index (κ3) is 5.16. The number of carboxylic acids is 1. The minimum atomic E-state index is -1.63. The SMILES string of the molecule is COC(=O)C(C(=O)OC)[C@H](C)[C@@H](NC(=O)[C@@H]1C[C@@H](O)CN1C(C)=O)C(=O)O. The van der Waals surface area contributed by atoms with Crippen molar-refractivity contribution in [1.82, 2.24) is 10.2 Å². The van der Waals surface area contributed by atoms with E-state index in [9.17, 15) is 34.2 Å². The first-order valence-electron chi connectivity index (χ1n) is 8.19. The predicted molar refractivity (Wildman–Crippen MR) is 88.1 cm³/mol. The fourth-order valence-corrected chi connectivity index (χ4v) is 3.05. The molecule has 152 valence electrons. The number of aliphatic hydroxyl groups is 1. The summed E-state index contributed by atoms with van der Waals surface area (Å²) in [5.41, 5.74) is 0. The van der Waals surface area contributed by atoms with Crippen molar-refractivity contribution in [2.75, 3.05) is 20.8 Å². The van der Waals surface area contributed by atoms with Crippen LogP contribution in [-0.2, 0) is 33.4 Å². The Morgan fingerprint density at radius 1 is 1.11 bits per heavy atom. The minimum Gasteiger partial charge on any atom is -0.480 e. The van der Waals surface area contributed by atoms with Crippen molar-refractivity contribution in [1.29, 1.82) is 0 Å². The van der Waals surface area contributed by atoms with E-state index in [-0.39, 0.29) is 13.0 Å². The van der Waals surface area contributed by atoms with Crippen LogP contribution in [0.5, 0.6) is 0 Å². The Morgan fingerprint density at radius 2 is 1.63 bits per heavy atom. The second kappa shape index (κ2) is 9.31. The van der Waals surface area contributed by atoms with Crippen LogP contribution in [-0.4, -0.2) is 83.8 Å². The number of methoxy groups -OCH3 is 2. The van der Waals surface area contributed by atoms with E-state index >= 15 is 0 Å². The number of amides is 2. The number of aliphatic hydroxyl groups excluding tert-OH is 1. The Morgan fingerprint density at radius 3 is 2.04 bits per heavy atom. The second-order valence-corrected chi connectivity index (χ2v) is 6.28. The van der Waals surface area contributed by atoms with Gasteiger partial charge in [-0.25, -0.2) is 4.79 Å². The maximum absolute atomic E-state index is 12.5. The fraction of sp³-hybridized carbons (Fsp3) is 0.688. The number of ether oxygens (including phenoxy) is 2. The number of nitrogens with one attached hydrogen (secondary N) is 1. The molecule has 1 rings (SSSR count). The number of hydrogen-bond acceptors (Lipinski definition) is 8. The summed E-state index contributed by atoms with van der Waals surface area (Å²) in [4.78, 5) is 60.7. The molecule has 1 heterocycles. The molecule has 0 bridgehead atoms. The smallest absolute Gasteiger partial charge is 0.326 e. The van der Waals surface area contributed by atoms with Crippen LogP contribution in [0.25, 0.3) is 0 Å². The first-order valence-corrected chi connectivity index (χ1v) is 8.19. The van der Waals surface area contributed by atoms with Crippen LogP contribution in [0.4, 0.5) is 0 Å². The van der Waals surface area contributed by atoms with Crippen LogP contribution in [0.2, 0.25) is 0 Å². The summed E-state index contributed by atoms with van der Waals surface area (Å²) < 4.78 is 9.04. The summed E-state index contributed by atoms with van der Waals surface area (Å²) in [6, 6.07) is -2.69. The summed E-state index contributed by atoms with van der Waals surface area (Å²) in [5.74, 6) is -7.53. The number of likely N-dealkylation sites (tertiary alicyclic amines) is 1. The molecule has 11 nitrogen and oxygen atoms in total. The van der Waals surface area contributed by atoms with E-state index < -0.39 is 59.7 Å². The maximum atomic E-state index is 12.5. The van der Waals surface area contributed by atoms with Crippen molar-refractivity contribution in [3.63, 3.8) is 0 Å². The number of hydrogen-bond donors (Lipinski definition) is 3. The molecule has 0 radical (unpaired) electrons. The number of rotatable bonds is 7. The highest BCUT2D eigenvalue weighted by Gasteiger charge is 2.44. The Hall–Kier alpha value is -2.69. The van der Waals surface area contributed by atoms with Crippen LogP contribution in [0.3, 0.4) is 0 Å². The van der Waals surface area contributed by atoms with E-state index in [1.807, 2.05) is 0 Å². The van der Waals surface area contributed by atoms with Crippen molar-refractivity contribution in [2.45, 2.75) is 38.5 Å². The molecule has 1 aliphatic heterocycles. The Kier molecular flexibility index (Phi) is 7.70. The molecular formula is C16H24N2O9. The van der Waals surface area contributed by atoms with E-state index in [0.29, 0.717) is 0 Å². The lowest BCUT2D eigenvalue weighted by atomic mass is 9.87. The van der Waals surface area contributed by atoms with Crippen molar-refractivity contribution < 1.29 is 43.7 Å². The van der Waals surface area contributed by atoms with E-state index in [1.165, 1.54) is 13.8 Å². The first kappa shape index (κ1) is 22.4. The van der Waals surface area contributed by atoms with Crippen molar-refractivity contribution >= 4 is 29.7 Å². The molecule has 1 aliphatic rings. The Labute approximate surface area is 155 Å². The summed E-state index contributed by atoms with van der Waals surface area (Å²) in [6.07, 6.45) is -0.966. The molecular weight excluding hydrogens is 364 g/mol. The van der Waals surface area contributed by atoms with Gasteiger partial charge in [-0.05, 0) is 0 Å². The lowest BCUT2D eigenvalue weighted by Crippen LogP contribution is -2.55. The van der Waals surface area contributed by atoms with E-state index in [0.717, 1.165) is 19.1 Å². The van der Waals surface area contributed by atoms with E-state index in [1.54, 1.807) is 0 Å². The fourth-order valence-electron chi connectivity index (χ4n) is 3.05. The molecule has 11 heteroatoms. The molecule has 27 heavy (non-hydrogen) atoms. The Balaban J connectivity index is 3.05. The van der Waals surface area contributed by atoms with E-state index in [2.05, 4.69) is 14.8 Å². The number of carbonyl (C=O) groups excluding carboxylic acids is 4. The first-order chi connectivity index (χ1) is 12.5. The molecule has 0 aromatic carbocycles. The molecule has 0 spiro atoms. The number of carboxylic acid groups (broad SMARTS) is 1. The van der Waals surface area contributed by atoms with Crippen LogP contribution in [0.15, 0.2) is 0 Å². The standard InChI is InChI=1S/C16H24N2O9/c1-7(11(15(24)26-3)16(25)27-4)12(14(22)23)17-13(21)10-5-9(20)6-18(10)8(2)19/h7,9-12,20H,5-6H2,1-4H3,(H,17,21)(H,22,23)/t7-,9+,10-,12+/m0/s1. The third-order valence-corrected chi connectivity index (χ3v) is 4.51. The zero-order valence-corrected chi connectivity index (χ0v) is 15.5. The lowest BCUT2D eigenvalue weighted by molar-refractivity contribution is -0.163. The van der Waals surface area contributed by atoms with Gasteiger partial charge in [0.2, 0.25) is 11.8 Å². The second-order valence-electron chi connectivity index (χ2n) is 6.28. The summed E-state index contributed by atoms with van der Waals surface area (Å²) in [6.45, 7) is 2.46. The van der Waals surface area contributed by atoms with Gasteiger partial charge >= 0.3 is 17.9 Å². The number of esters is 2. The maximum Gasteiger partial charge on any atom is 0.326 e. The quantitative estimate of drug-likeness (QED) is 0.335. The van der Waals surface area contributed by atoms with Crippen molar-refractivity contribution in [3.8, 4) is 0 Å². The van der Waals surface area contributed by atoms with Gasteiger partial charge < -0.3 is 29.9 Å². The summed E-state index contributed by atoms with van der Waals surface area (Å²) in [7, 11) is 2.06. The number of carbonyl (C=O) groups is 5. The molecule has 3 N–H and O–H groups in total. The summed E-state index contributed by atoms with van der Waals surface area (Å²) >= 11 is 0. The van der Waals surface area contributed by atoms with Gasteiger partial charge in [-0.15, -0.1) is 0 Å². The predicted octanol–water partition coefficient (Wildman–Crippen LogP) is -1.86. The average Bonchev–Trinajstić information content (AvgIpc) is 3.00. The number of nitrogens with zero attached hydrogens (tertiary/aromatic N) is 1. The van der Waals surface area contributed by atoms with E-state index in [4.69, 9.17) is 0 Å². The molecule has 0 unspecified atom stereocenters. The van der Waals surface area contributed by atoms with Gasteiger partial charge in [-0.2, -0.15) is 0 Å². The number of aliphatic carboxylic acids is 1. The zero-order chi connectivity index (χ0) is 20.9. The molecule has 2 amide bonds.